The number of carboxylic acid groups (broad SMARTS) is 2. The van der Waals surface area contributed by atoms with E-state index in [-0.39, 0.29) is 11.4 Å². The van der Waals surface area contributed by atoms with E-state index in [2.05, 4.69) is 4.72 Å². The van der Waals surface area contributed by atoms with E-state index < -0.39 is 33.1 Å². The molecule has 3 N–H and O–H groups in total. The largest absolute Gasteiger partial charge is 0.478 e. The zero-order valence-electron chi connectivity index (χ0n) is 9.37. The number of sulfonamides is 1. The van der Waals surface area contributed by atoms with Crippen LogP contribution in [0.3, 0.4) is 0 Å². The summed E-state index contributed by atoms with van der Waals surface area (Å²) in [5, 5.41) is 17.6. The van der Waals surface area contributed by atoms with Crippen LogP contribution in [0.5, 0.6) is 0 Å². The minimum Gasteiger partial charge on any atom is -0.478 e. The van der Waals surface area contributed by atoms with E-state index in [1.165, 1.54) is 0 Å². The zero-order valence-corrected chi connectivity index (χ0v) is 10.2. The van der Waals surface area contributed by atoms with Crippen LogP contribution in [-0.4, -0.2) is 37.1 Å². The van der Waals surface area contributed by atoms with Gasteiger partial charge in [-0.15, -0.1) is 0 Å². The molecule has 1 aromatic carbocycles. The Morgan fingerprint density at radius 1 is 1.11 bits per heavy atom. The van der Waals surface area contributed by atoms with E-state index in [1.54, 1.807) is 6.92 Å². The summed E-state index contributed by atoms with van der Waals surface area (Å²) in [5.41, 5.74) is -0.794. The molecule has 0 amide bonds. The molecule has 18 heavy (non-hydrogen) atoms. The highest BCUT2D eigenvalue weighted by Gasteiger charge is 2.19. The molecular formula is C10H11NO6S. The highest BCUT2D eigenvalue weighted by Crippen LogP contribution is 2.15. The number of hydrogen-bond acceptors (Lipinski definition) is 4. The predicted molar refractivity (Wildman–Crippen MR) is 61.2 cm³/mol. The molecule has 0 saturated carbocycles. The molecule has 0 aliphatic heterocycles. The Bertz CT molecular complexity index is 560. The lowest BCUT2D eigenvalue weighted by atomic mass is 10.1. The third kappa shape index (κ3) is 3.05. The minimum absolute atomic E-state index is 0.113. The van der Waals surface area contributed by atoms with Gasteiger partial charge in [0.1, 0.15) is 0 Å². The van der Waals surface area contributed by atoms with E-state index in [9.17, 15) is 18.0 Å². The van der Waals surface area contributed by atoms with Gasteiger partial charge in [-0.05, 0) is 18.2 Å². The third-order valence-corrected chi connectivity index (χ3v) is 3.57. The molecule has 0 unspecified atom stereocenters. The second-order valence-electron chi connectivity index (χ2n) is 3.36. The molecule has 1 rings (SSSR count). The van der Waals surface area contributed by atoms with Crippen LogP contribution in [0.1, 0.15) is 27.6 Å². The van der Waals surface area contributed by atoms with Crippen LogP contribution in [0.25, 0.3) is 0 Å². The van der Waals surface area contributed by atoms with Crippen LogP contribution in [0.4, 0.5) is 0 Å². The number of nitrogens with one attached hydrogen (secondary N) is 1. The van der Waals surface area contributed by atoms with E-state index in [4.69, 9.17) is 10.2 Å². The topological polar surface area (TPSA) is 121 Å². The molecule has 7 nitrogen and oxygen atoms in total. The van der Waals surface area contributed by atoms with E-state index in [1.807, 2.05) is 0 Å². The van der Waals surface area contributed by atoms with E-state index in [0.717, 1.165) is 18.2 Å². The van der Waals surface area contributed by atoms with Gasteiger partial charge in [0.15, 0.2) is 0 Å². The second kappa shape index (κ2) is 5.15. The number of rotatable bonds is 5. The van der Waals surface area contributed by atoms with Crippen molar-refractivity contribution >= 4 is 22.0 Å². The molecule has 8 heteroatoms. The SMILES string of the molecule is CCNS(=O)(=O)c1cc(C(=O)O)cc(C(=O)O)c1. The molecule has 0 aliphatic rings. The summed E-state index contributed by atoms with van der Waals surface area (Å²) >= 11 is 0. The predicted octanol–water partition coefficient (Wildman–Crippen LogP) is 0.381. The van der Waals surface area contributed by atoms with Gasteiger partial charge < -0.3 is 10.2 Å². The van der Waals surface area contributed by atoms with Crippen LogP contribution in [0, 0.1) is 0 Å². The maximum absolute atomic E-state index is 11.7. The zero-order chi connectivity index (χ0) is 13.9. The lowest BCUT2D eigenvalue weighted by Crippen LogP contribution is -2.23. The summed E-state index contributed by atoms with van der Waals surface area (Å²) < 4.78 is 25.5. The van der Waals surface area contributed by atoms with Gasteiger partial charge in [-0.1, -0.05) is 6.92 Å². The van der Waals surface area contributed by atoms with Gasteiger partial charge in [-0.2, -0.15) is 0 Å². The van der Waals surface area contributed by atoms with Crippen molar-refractivity contribution in [3.8, 4) is 0 Å². The smallest absolute Gasteiger partial charge is 0.335 e. The minimum atomic E-state index is -3.90. The quantitative estimate of drug-likeness (QED) is 0.713. The molecule has 0 radical (unpaired) electrons. The van der Waals surface area contributed by atoms with Gasteiger partial charge in [-0.25, -0.2) is 22.7 Å². The fourth-order valence-electron chi connectivity index (χ4n) is 1.27. The Kier molecular flexibility index (Phi) is 4.04. The van der Waals surface area contributed by atoms with Crippen molar-refractivity contribution in [1.82, 2.24) is 4.72 Å². The normalized spacial score (nSPS) is 11.2. The molecule has 0 aliphatic carbocycles. The van der Waals surface area contributed by atoms with Gasteiger partial charge in [0, 0.05) is 6.54 Å². The molecule has 0 atom stereocenters. The lowest BCUT2D eigenvalue weighted by molar-refractivity contribution is 0.0696. The molecule has 0 heterocycles. The number of carboxylic acids is 2. The van der Waals surface area contributed by atoms with Crippen LogP contribution in [0.15, 0.2) is 23.1 Å². The summed E-state index contributed by atoms with van der Waals surface area (Å²) in [6.07, 6.45) is 0. The number of aromatic carboxylic acids is 2. The number of carbonyl (C=O) groups is 2. The summed E-state index contributed by atoms with van der Waals surface area (Å²) in [6, 6.07) is 2.72. The Morgan fingerprint density at radius 3 is 1.89 bits per heavy atom. The number of hydrogen-bond donors (Lipinski definition) is 3. The van der Waals surface area contributed by atoms with Crippen molar-refractivity contribution < 1.29 is 28.2 Å². The first-order chi connectivity index (χ1) is 8.27. The maximum Gasteiger partial charge on any atom is 0.335 e. The first kappa shape index (κ1) is 14.1. The molecule has 0 aromatic heterocycles. The molecule has 0 saturated heterocycles. The van der Waals surface area contributed by atoms with Crippen LogP contribution >= 0.6 is 0 Å². The Balaban J connectivity index is 3.45. The molecule has 98 valence electrons. The molecule has 0 bridgehead atoms. The van der Waals surface area contributed by atoms with Gasteiger partial charge in [0.25, 0.3) is 0 Å². The van der Waals surface area contributed by atoms with Crippen molar-refractivity contribution in [2.24, 2.45) is 0 Å². The molecule has 1 aromatic rings. The fourth-order valence-corrected chi connectivity index (χ4v) is 2.39. The Morgan fingerprint density at radius 2 is 1.56 bits per heavy atom. The van der Waals surface area contributed by atoms with Crippen LogP contribution in [0.2, 0.25) is 0 Å². The van der Waals surface area contributed by atoms with Gasteiger partial charge in [-0.3, -0.25) is 0 Å². The third-order valence-electron chi connectivity index (χ3n) is 2.05. The van der Waals surface area contributed by atoms with Gasteiger partial charge >= 0.3 is 11.9 Å². The van der Waals surface area contributed by atoms with E-state index in [0.29, 0.717) is 0 Å². The van der Waals surface area contributed by atoms with Gasteiger partial charge in [0.2, 0.25) is 10.0 Å². The molecule has 0 spiro atoms. The average molecular weight is 273 g/mol. The second-order valence-corrected chi connectivity index (χ2v) is 5.12. The van der Waals surface area contributed by atoms with Crippen molar-refractivity contribution in [3.63, 3.8) is 0 Å². The van der Waals surface area contributed by atoms with Crippen LogP contribution < -0.4 is 4.72 Å². The van der Waals surface area contributed by atoms with Crippen molar-refractivity contribution in [1.29, 1.82) is 0 Å². The van der Waals surface area contributed by atoms with Crippen LogP contribution in [-0.2, 0) is 10.0 Å². The Labute approximate surface area is 103 Å². The summed E-state index contributed by atoms with van der Waals surface area (Å²) in [5.74, 6) is -2.79. The first-order valence-corrected chi connectivity index (χ1v) is 6.37. The van der Waals surface area contributed by atoms with E-state index >= 15 is 0 Å². The summed E-state index contributed by atoms with van der Waals surface area (Å²) in [4.78, 5) is 21.2. The fraction of sp³-hybridized carbons (Fsp3) is 0.200. The highest BCUT2D eigenvalue weighted by atomic mass is 32.2. The molecule has 0 fully saturated rings. The van der Waals surface area contributed by atoms with Crippen molar-refractivity contribution in [3.05, 3.63) is 29.3 Å². The summed E-state index contributed by atoms with van der Waals surface area (Å²) in [7, 11) is -3.90. The summed E-state index contributed by atoms with van der Waals surface area (Å²) in [6.45, 7) is 1.67. The maximum atomic E-state index is 11.7. The molecular weight excluding hydrogens is 262 g/mol. The Hall–Kier alpha value is -1.93. The first-order valence-electron chi connectivity index (χ1n) is 4.89. The monoisotopic (exact) mass is 273 g/mol. The van der Waals surface area contributed by atoms with Gasteiger partial charge in [0.05, 0.1) is 16.0 Å². The van der Waals surface area contributed by atoms with Crippen molar-refractivity contribution in [2.45, 2.75) is 11.8 Å². The highest BCUT2D eigenvalue weighted by molar-refractivity contribution is 7.89. The lowest BCUT2D eigenvalue weighted by Gasteiger charge is -2.07. The average Bonchev–Trinajstić information content (AvgIpc) is 2.28. The van der Waals surface area contributed by atoms with Crippen molar-refractivity contribution in [2.75, 3.05) is 6.54 Å². The number of benzene rings is 1. The standard InChI is InChI=1S/C10H11NO6S/c1-2-11-18(16,17)8-4-6(9(12)13)3-7(5-8)10(14)15/h3-5,11H,2H2,1H3,(H,12,13)(H,14,15).